The Balaban J connectivity index is 2.29. The van der Waals surface area contributed by atoms with Crippen LogP contribution in [-0.2, 0) is 4.79 Å². The lowest BCUT2D eigenvalue weighted by Crippen LogP contribution is -2.05. The minimum atomic E-state index is -0.0992. The van der Waals surface area contributed by atoms with Gasteiger partial charge in [-0.2, -0.15) is 0 Å². The van der Waals surface area contributed by atoms with E-state index in [1.54, 1.807) is 19.1 Å². The van der Waals surface area contributed by atoms with E-state index in [9.17, 15) is 9.59 Å². The second-order valence-electron chi connectivity index (χ2n) is 4.31. The molecule has 0 aliphatic rings. The number of carbonyl (C=O) groups is 2. The maximum atomic E-state index is 11.3. The van der Waals surface area contributed by atoms with Crippen LogP contribution in [0.15, 0.2) is 42.5 Å². The van der Waals surface area contributed by atoms with Gasteiger partial charge in [-0.3, -0.25) is 9.59 Å². The molecule has 0 heterocycles. The van der Waals surface area contributed by atoms with Gasteiger partial charge in [-0.05, 0) is 42.3 Å². The van der Waals surface area contributed by atoms with Crippen molar-refractivity contribution in [3.8, 4) is 11.1 Å². The molecule has 0 aliphatic carbocycles. The monoisotopic (exact) mass is 252 g/mol. The molecule has 3 heteroatoms. The van der Waals surface area contributed by atoms with Gasteiger partial charge in [0.2, 0.25) is 5.91 Å². The largest absolute Gasteiger partial charge is 0.326 e. The van der Waals surface area contributed by atoms with Gasteiger partial charge in [-0.1, -0.05) is 24.3 Å². The summed E-state index contributed by atoms with van der Waals surface area (Å²) in [4.78, 5) is 22.3. The molecule has 3 nitrogen and oxygen atoms in total. The third-order valence-corrected chi connectivity index (χ3v) is 2.72. The van der Waals surface area contributed by atoms with Crippen LogP contribution in [0.4, 0.5) is 5.69 Å². The van der Waals surface area contributed by atoms with Gasteiger partial charge in [0.25, 0.3) is 0 Å². The van der Waals surface area contributed by atoms with Crippen LogP contribution in [-0.4, -0.2) is 11.7 Å². The second kappa shape index (κ2) is 5.48. The van der Waals surface area contributed by atoms with Crippen molar-refractivity contribution in [2.75, 3.05) is 5.32 Å². The maximum Gasteiger partial charge on any atom is 0.221 e. The molecule has 1 N–H and O–H groups in total. The third kappa shape index (κ3) is 3.28. The Labute approximate surface area is 112 Å². The van der Waals surface area contributed by atoms with Crippen molar-refractivity contribution in [2.45, 2.75) is 13.8 Å². The number of anilines is 1. The fraction of sp³-hybridized carbons (Fsp3) is 0.125. The molecule has 2 aromatic rings. The van der Waals surface area contributed by atoms with E-state index < -0.39 is 0 Å². The highest BCUT2D eigenvalue weighted by Gasteiger charge is 2.03. The van der Waals surface area contributed by atoms with Crippen molar-refractivity contribution in [3.05, 3.63) is 54.1 Å². The summed E-state index contributed by atoms with van der Waals surface area (Å²) >= 11 is 0. The van der Waals surface area contributed by atoms with Crippen molar-refractivity contribution in [3.63, 3.8) is 0 Å². The van der Waals surface area contributed by atoms with Gasteiger partial charge in [-0.15, -0.1) is 0 Å². The number of hydrogen-bond donors (Lipinski definition) is 1. The molecule has 1 radical (unpaired) electrons. The minimum absolute atomic E-state index is 0.0325. The van der Waals surface area contributed by atoms with Gasteiger partial charge in [-0.25, -0.2) is 0 Å². The van der Waals surface area contributed by atoms with Crippen molar-refractivity contribution < 1.29 is 9.59 Å². The van der Waals surface area contributed by atoms with Crippen molar-refractivity contribution >= 4 is 17.4 Å². The first-order valence-corrected chi connectivity index (χ1v) is 5.97. The molecule has 0 spiro atoms. The molecule has 95 valence electrons. The van der Waals surface area contributed by atoms with Crippen LogP contribution in [0.2, 0.25) is 0 Å². The standard InChI is InChI=1S/C16H14NO2/c1-11(18)14-4-3-5-15(10-14)13-6-8-16(9-7-13)17-12(2)19/h3-4,6-10H,1-2H3,(H,17,19). The predicted molar refractivity (Wildman–Crippen MR) is 75.0 cm³/mol. The molecule has 2 aromatic carbocycles. The molecular formula is C16H14NO2. The average molecular weight is 252 g/mol. The molecule has 0 aromatic heterocycles. The van der Waals surface area contributed by atoms with Crippen LogP contribution in [0, 0.1) is 6.07 Å². The molecular weight excluding hydrogens is 238 g/mol. The minimum Gasteiger partial charge on any atom is -0.326 e. The highest BCUT2D eigenvalue weighted by molar-refractivity contribution is 5.95. The van der Waals surface area contributed by atoms with Crippen LogP contribution in [0.3, 0.4) is 0 Å². The lowest BCUT2D eigenvalue weighted by Gasteiger charge is -2.05. The molecule has 0 aliphatic heterocycles. The average Bonchev–Trinajstić information content (AvgIpc) is 2.39. The lowest BCUT2D eigenvalue weighted by molar-refractivity contribution is -0.114. The van der Waals surface area contributed by atoms with Crippen LogP contribution in [0.5, 0.6) is 0 Å². The Morgan fingerprint density at radius 2 is 1.74 bits per heavy atom. The van der Waals surface area contributed by atoms with E-state index in [0.717, 1.165) is 16.8 Å². The Morgan fingerprint density at radius 3 is 2.32 bits per heavy atom. The number of Topliss-reactive ketones (excluding diaryl/α,β-unsaturated/α-hetero) is 1. The predicted octanol–water partition coefficient (Wildman–Crippen LogP) is 3.31. The maximum absolute atomic E-state index is 11.3. The number of amides is 1. The molecule has 0 saturated carbocycles. The van der Waals surface area contributed by atoms with Gasteiger partial charge in [0.05, 0.1) is 0 Å². The summed E-state index contributed by atoms with van der Waals surface area (Å²) in [6, 6.07) is 15.8. The van der Waals surface area contributed by atoms with E-state index in [4.69, 9.17) is 0 Å². The molecule has 0 atom stereocenters. The quantitative estimate of drug-likeness (QED) is 0.852. The van der Waals surface area contributed by atoms with Gasteiger partial charge in [0.15, 0.2) is 5.78 Å². The zero-order valence-corrected chi connectivity index (χ0v) is 10.9. The molecule has 0 fully saturated rings. The number of benzene rings is 2. The zero-order chi connectivity index (χ0) is 13.8. The van der Waals surface area contributed by atoms with Gasteiger partial charge >= 0.3 is 0 Å². The summed E-state index contributed by atoms with van der Waals surface area (Å²) in [6.45, 7) is 3.01. The van der Waals surface area contributed by atoms with E-state index in [2.05, 4.69) is 11.4 Å². The molecule has 1 amide bonds. The Kier molecular flexibility index (Phi) is 3.76. The van der Waals surface area contributed by atoms with Crippen LogP contribution >= 0.6 is 0 Å². The van der Waals surface area contributed by atoms with E-state index in [1.165, 1.54) is 6.92 Å². The van der Waals surface area contributed by atoms with E-state index in [-0.39, 0.29) is 11.7 Å². The van der Waals surface area contributed by atoms with E-state index in [1.807, 2.05) is 30.3 Å². The van der Waals surface area contributed by atoms with E-state index >= 15 is 0 Å². The number of carbonyl (C=O) groups excluding carboxylic acids is 2. The zero-order valence-electron chi connectivity index (χ0n) is 10.9. The van der Waals surface area contributed by atoms with Crippen molar-refractivity contribution in [1.82, 2.24) is 0 Å². The van der Waals surface area contributed by atoms with E-state index in [0.29, 0.717) is 5.56 Å². The summed E-state index contributed by atoms with van der Waals surface area (Å²) in [5.41, 5.74) is 3.23. The van der Waals surface area contributed by atoms with Gasteiger partial charge < -0.3 is 5.32 Å². The fourth-order valence-electron chi connectivity index (χ4n) is 1.79. The second-order valence-corrected chi connectivity index (χ2v) is 4.31. The molecule has 19 heavy (non-hydrogen) atoms. The SMILES string of the molecule is CC(=O)Nc1ccc(-c2[c]ccc(C(C)=O)c2)cc1. The first kappa shape index (κ1) is 13.0. The van der Waals surface area contributed by atoms with Crippen molar-refractivity contribution in [2.24, 2.45) is 0 Å². The van der Waals surface area contributed by atoms with Gasteiger partial charge in [0, 0.05) is 18.2 Å². The number of ketones is 1. The summed E-state index contributed by atoms with van der Waals surface area (Å²) in [5, 5.41) is 2.71. The van der Waals surface area contributed by atoms with Crippen molar-refractivity contribution in [1.29, 1.82) is 0 Å². The molecule has 0 unspecified atom stereocenters. The fourth-order valence-corrected chi connectivity index (χ4v) is 1.79. The first-order chi connectivity index (χ1) is 9.06. The first-order valence-electron chi connectivity index (χ1n) is 5.97. The van der Waals surface area contributed by atoms with Gasteiger partial charge in [0.1, 0.15) is 0 Å². The smallest absolute Gasteiger partial charge is 0.221 e. The summed E-state index contributed by atoms with van der Waals surface area (Å²) in [5.74, 6) is -0.0667. The molecule has 0 saturated heterocycles. The Hall–Kier alpha value is -2.42. The highest BCUT2D eigenvalue weighted by atomic mass is 16.1. The summed E-state index contributed by atoms with van der Waals surface area (Å²) < 4.78 is 0. The van der Waals surface area contributed by atoms with Crippen LogP contribution < -0.4 is 5.32 Å². The number of hydrogen-bond acceptors (Lipinski definition) is 2. The topological polar surface area (TPSA) is 46.2 Å². The highest BCUT2D eigenvalue weighted by Crippen LogP contribution is 2.22. The lowest BCUT2D eigenvalue weighted by atomic mass is 10.0. The number of rotatable bonds is 3. The van der Waals surface area contributed by atoms with Crippen LogP contribution in [0.1, 0.15) is 24.2 Å². The number of nitrogens with one attached hydrogen (secondary N) is 1. The Bertz CT molecular complexity index is 615. The summed E-state index contributed by atoms with van der Waals surface area (Å²) in [6.07, 6.45) is 0. The third-order valence-electron chi connectivity index (χ3n) is 2.72. The summed E-state index contributed by atoms with van der Waals surface area (Å²) in [7, 11) is 0. The normalized spacial score (nSPS) is 10.0. The molecule has 0 bridgehead atoms. The molecule has 2 rings (SSSR count). The van der Waals surface area contributed by atoms with Crippen LogP contribution in [0.25, 0.3) is 11.1 Å². The Morgan fingerprint density at radius 1 is 1.05 bits per heavy atom.